The van der Waals surface area contributed by atoms with Crippen molar-refractivity contribution in [2.45, 2.75) is 64.9 Å². The van der Waals surface area contributed by atoms with Crippen LogP contribution >= 0.6 is 11.8 Å². The standard InChI is InChI=1S/C16H28O2S/c1-5-7-14-8-12(3)9-16(18,10-14)11-19-13(4)15(17)6-2/h12,14,18H,4-11H2,1-3H3. The molecule has 0 bridgehead atoms. The predicted molar refractivity (Wildman–Crippen MR) is 83.3 cm³/mol. The summed E-state index contributed by atoms with van der Waals surface area (Å²) >= 11 is 1.44. The fourth-order valence-electron chi connectivity index (χ4n) is 3.25. The third-order valence-electron chi connectivity index (χ3n) is 3.98. The lowest BCUT2D eigenvalue weighted by molar-refractivity contribution is -0.114. The van der Waals surface area contributed by atoms with E-state index in [-0.39, 0.29) is 5.78 Å². The molecule has 0 aromatic carbocycles. The zero-order chi connectivity index (χ0) is 14.5. The van der Waals surface area contributed by atoms with E-state index in [0.29, 0.717) is 28.9 Å². The summed E-state index contributed by atoms with van der Waals surface area (Å²) in [5.74, 6) is 1.92. The van der Waals surface area contributed by atoms with E-state index < -0.39 is 5.60 Å². The number of hydrogen-bond acceptors (Lipinski definition) is 3. The zero-order valence-corrected chi connectivity index (χ0v) is 13.4. The van der Waals surface area contributed by atoms with Crippen LogP contribution in [-0.4, -0.2) is 22.2 Å². The molecule has 0 aromatic heterocycles. The molecule has 3 unspecified atom stereocenters. The predicted octanol–water partition coefficient (Wildman–Crippen LogP) is 4.18. The molecule has 19 heavy (non-hydrogen) atoms. The van der Waals surface area contributed by atoms with Crippen LogP contribution in [-0.2, 0) is 4.79 Å². The molecule has 0 saturated heterocycles. The SMILES string of the molecule is C=C(SCC1(O)CC(C)CC(CCC)C1)C(=O)CC. The maximum absolute atomic E-state index is 11.5. The Labute approximate surface area is 122 Å². The van der Waals surface area contributed by atoms with E-state index in [1.165, 1.54) is 31.0 Å². The molecule has 1 fully saturated rings. The molecule has 1 aliphatic rings. The number of hydrogen-bond donors (Lipinski definition) is 1. The Morgan fingerprint density at radius 2 is 2.11 bits per heavy atom. The first-order valence-corrected chi connectivity index (χ1v) is 8.46. The van der Waals surface area contributed by atoms with E-state index in [0.717, 1.165) is 12.8 Å². The number of carbonyl (C=O) groups excluding carboxylic acids is 1. The Kier molecular flexibility index (Phi) is 6.61. The minimum atomic E-state index is -0.612. The number of carbonyl (C=O) groups is 1. The summed E-state index contributed by atoms with van der Waals surface area (Å²) in [7, 11) is 0. The van der Waals surface area contributed by atoms with Gasteiger partial charge in [-0.05, 0) is 31.1 Å². The van der Waals surface area contributed by atoms with Crippen LogP contribution < -0.4 is 0 Å². The van der Waals surface area contributed by atoms with Gasteiger partial charge in [0, 0.05) is 17.1 Å². The van der Waals surface area contributed by atoms with Crippen molar-refractivity contribution in [1.82, 2.24) is 0 Å². The minimum absolute atomic E-state index is 0.0996. The first kappa shape index (κ1) is 16.8. The van der Waals surface area contributed by atoms with Gasteiger partial charge in [0.15, 0.2) is 5.78 Å². The van der Waals surface area contributed by atoms with E-state index in [1.54, 1.807) is 0 Å². The Hall–Kier alpha value is -0.280. The Bertz CT molecular complexity index is 327. The number of allylic oxidation sites excluding steroid dienone is 1. The number of aliphatic hydroxyl groups is 1. The summed E-state index contributed by atoms with van der Waals surface area (Å²) < 4.78 is 0. The summed E-state index contributed by atoms with van der Waals surface area (Å²) in [6.45, 7) is 10.1. The second kappa shape index (κ2) is 7.49. The lowest BCUT2D eigenvalue weighted by atomic mass is 9.72. The quantitative estimate of drug-likeness (QED) is 0.713. The molecule has 1 rings (SSSR count). The van der Waals surface area contributed by atoms with E-state index in [4.69, 9.17) is 0 Å². The van der Waals surface area contributed by atoms with Crippen molar-refractivity contribution in [3.05, 3.63) is 11.5 Å². The van der Waals surface area contributed by atoms with E-state index in [9.17, 15) is 9.90 Å². The van der Waals surface area contributed by atoms with E-state index in [1.807, 2.05) is 6.92 Å². The summed E-state index contributed by atoms with van der Waals surface area (Å²) in [6.07, 6.45) is 5.85. The molecule has 1 N–H and O–H groups in total. The van der Waals surface area contributed by atoms with Crippen molar-refractivity contribution in [2.24, 2.45) is 11.8 Å². The lowest BCUT2D eigenvalue weighted by Gasteiger charge is -2.40. The van der Waals surface area contributed by atoms with Gasteiger partial charge in [-0.2, -0.15) is 0 Å². The molecule has 3 heteroatoms. The summed E-state index contributed by atoms with van der Waals surface area (Å²) in [6, 6.07) is 0. The van der Waals surface area contributed by atoms with Crippen LogP contribution in [0.4, 0.5) is 0 Å². The molecular weight excluding hydrogens is 256 g/mol. The van der Waals surface area contributed by atoms with Crippen LogP contribution in [0.15, 0.2) is 11.5 Å². The number of rotatable bonds is 7. The largest absolute Gasteiger partial charge is 0.389 e. The van der Waals surface area contributed by atoms with Crippen molar-refractivity contribution in [3.8, 4) is 0 Å². The van der Waals surface area contributed by atoms with Crippen molar-refractivity contribution in [1.29, 1.82) is 0 Å². The minimum Gasteiger partial charge on any atom is -0.389 e. The maximum atomic E-state index is 11.5. The van der Waals surface area contributed by atoms with Gasteiger partial charge in [0.25, 0.3) is 0 Å². The molecule has 0 radical (unpaired) electrons. The molecule has 2 nitrogen and oxygen atoms in total. The molecule has 1 aliphatic carbocycles. The molecule has 0 aliphatic heterocycles. The maximum Gasteiger partial charge on any atom is 0.168 e. The topological polar surface area (TPSA) is 37.3 Å². The molecule has 3 atom stereocenters. The highest BCUT2D eigenvalue weighted by atomic mass is 32.2. The fourth-order valence-corrected chi connectivity index (χ4v) is 4.23. The van der Waals surface area contributed by atoms with Crippen molar-refractivity contribution in [3.63, 3.8) is 0 Å². The average Bonchev–Trinajstić information content (AvgIpc) is 2.34. The molecule has 0 heterocycles. The fraction of sp³-hybridized carbons (Fsp3) is 0.812. The third-order valence-corrected chi connectivity index (χ3v) is 5.23. The van der Waals surface area contributed by atoms with E-state index >= 15 is 0 Å². The molecule has 0 aromatic rings. The van der Waals surface area contributed by atoms with Gasteiger partial charge in [-0.3, -0.25) is 4.79 Å². The van der Waals surface area contributed by atoms with Gasteiger partial charge >= 0.3 is 0 Å². The highest BCUT2D eigenvalue weighted by Crippen LogP contribution is 2.40. The summed E-state index contributed by atoms with van der Waals surface area (Å²) in [5.41, 5.74) is -0.612. The number of Topliss-reactive ketones (excluding diaryl/α,β-unsaturated/α-hetero) is 1. The van der Waals surface area contributed by atoms with Gasteiger partial charge in [-0.15, -0.1) is 11.8 Å². The number of thioether (sulfide) groups is 1. The highest BCUT2D eigenvalue weighted by molar-refractivity contribution is 8.04. The molecule has 1 saturated carbocycles. The smallest absolute Gasteiger partial charge is 0.168 e. The van der Waals surface area contributed by atoms with Gasteiger partial charge < -0.3 is 5.11 Å². The number of ketones is 1. The summed E-state index contributed by atoms with van der Waals surface area (Å²) in [4.78, 5) is 12.1. The van der Waals surface area contributed by atoms with Crippen LogP contribution in [0.5, 0.6) is 0 Å². The average molecular weight is 284 g/mol. The first-order chi connectivity index (χ1) is 8.90. The van der Waals surface area contributed by atoms with Crippen molar-refractivity contribution in [2.75, 3.05) is 5.75 Å². The second-order valence-corrected chi connectivity index (χ2v) is 7.19. The van der Waals surface area contributed by atoms with Gasteiger partial charge in [0.05, 0.1) is 5.60 Å². The Balaban J connectivity index is 2.54. The van der Waals surface area contributed by atoms with E-state index in [2.05, 4.69) is 20.4 Å². The van der Waals surface area contributed by atoms with Crippen LogP contribution in [0.1, 0.15) is 59.3 Å². The van der Waals surface area contributed by atoms with Crippen LogP contribution in [0.3, 0.4) is 0 Å². The highest BCUT2D eigenvalue weighted by Gasteiger charge is 2.37. The molecule has 0 amide bonds. The zero-order valence-electron chi connectivity index (χ0n) is 12.6. The monoisotopic (exact) mass is 284 g/mol. The third kappa shape index (κ3) is 5.31. The normalized spacial score (nSPS) is 31.2. The van der Waals surface area contributed by atoms with Gasteiger partial charge in [0.1, 0.15) is 0 Å². The molecule has 110 valence electrons. The van der Waals surface area contributed by atoms with Crippen LogP contribution in [0.2, 0.25) is 0 Å². The van der Waals surface area contributed by atoms with Gasteiger partial charge in [0.2, 0.25) is 0 Å². The van der Waals surface area contributed by atoms with Crippen LogP contribution in [0.25, 0.3) is 0 Å². The molecule has 0 spiro atoms. The summed E-state index contributed by atoms with van der Waals surface area (Å²) in [5, 5.41) is 10.8. The van der Waals surface area contributed by atoms with Crippen molar-refractivity contribution < 1.29 is 9.90 Å². The second-order valence-electron chi connectivity index (χ2n) is 6.12. The Morgan fingerprint density at radius 3 is 2.68 bits per heavy atom. The van der Waals surface area contributed by atoms with Crippen LogP contribution in [0, 0.1) is 11.8 Å². The van der Waals surface area contributed by atoms with Crippen molar-refractivity contribution >= 4 is 17.5 Å². The molecular formula is C16H28O2S. The Morgan fingerprint density at radius 1 is 1.42 bits per heavy atom. The van der Waals surface area contributed by atoms with Gasteiger partial charge in [-0.25, -0.2) is 0 Å². The van der Waals surface area contributed by atoms with Gasteiger partial charge in [-0.1, -0.05) is 40.2 Å². The lowest BCUT2D eigenvalue weighted by Crippen LogP contribution is -2.40. The first-order valence-electron chi connectivity index (χ1n) is 7.47.